The predicted molar refractivity (Wildman–Crippen MR) is 271 cm³/mol. The van der Waals surface area contributed by atoms with E-state index in [1.807, 2.05) is 24.3 Å². The molecular weight excluding hydrogens is 898 g/mol. The van der Waals surface area contributed by atoms with Crippen molar-refractivity contribution >= 4 is 37.5 Å². The molecule has 16 heteroatoms. The summed E-state index contributed by atoms with van der Waals surface area (Å²) in [5.74, 6) is -1.59. The van der Waals surface area contributed by atoms with Crippen LogP contribution in [0.15, 0.2) is 48.6 Å². The van der Waals surface area contributed by atoms with E-state index in [-0.39, 0.29) is 31.4 Å². The van der Waals surface area contributed by atoms with Crippen molar-refractivity contribution in [2.75, 3.05) is 32.2 Å². The Kier molecular flexibility index (Phi) is 43.3. The second kappa shape index (κ2) is 44.8. The van der Waals surface area contributed by atoms with Crippen molar-refractivity contribution in [1.29, 1.82) is 0 Å². The van der Waals surface area contributed by atoms with Crippen LogP contribution >= 0.6 is 19.6 Å². The minimum absolute atomic E-state index is 0.0187. The molecule has 0 heterocycles. The summed E-state index contributed by atoms with van der Waals surface area (Å²) < 4.78 is 33.0. The molecule has 0 aliphatic rings. The molecule has 0 radical (unpaired) electrons. The van der Waals surface area contributed by atoms with E-state index in [4.69, 9.17) is 34.5 Å². The van der Waals surface area contributed by atoms with E-state index in [2.05, 4.69) is 32.9 Å². The number of rotatable bonds is 47. The number of phosphoric ester groups is 1. The van der Waals surface area contributed by atoms with E-state index in [0.29, 0.717) is 6.42 Å². The number of aliphatic hydroxyl groups excluding tert-OH is 3. The number of allylic oxidation sites excluding steroid dienone is 7. The van der Waals surface area contributed by atoms with Gasteiger partial charge in [-0.05, 0) is 44.4 Å². The molecule has 0 saturated heterocycles. The summed E-state index contributed by atoms with van der Waals surface area (Å²) in [4.78, 5) is 47.0. The van der Waals surface area contributed by atoms with Gasteiger partial charge in [0.05, 0.1) is 25.9 Å². The van der Waals surface area contributed by atoms with E-state index in [1.165, 1.54) is 108 Å². The summed E-state index contributed by atoms with van der Waals surface area (Å²) in [5, 5.41) is 37.9. The van der Waals surface area contributed by atoms with Gasteiger partial charge in [0, 0.05) is 23.8 Å². The summed E-state index contributed by atoms with van der Waals surface area (Å²) in [6, 6.07) is -1.17. The van der Waals surface area contributed by atoms with Crippen LogP contribution in [0.3, 0.4) is 0 Å². The summed E-state index contributed by atoms with van der Waals surface area (Å²) in [6.07, 6.45) is 38.3. The standard InChI is InChI=1S/C51H92NO13PS/c1-4-5-6-7-8-9-10-18-21-24-27-30-35-48(47(55)34-32-36-49(56)57)67-42-46(52)51(59)62-40-45(41-64-66(60,61)63-39-44(54)38-53)65-50(58)37-31-28-25-22-19-16-14-12-11-13-15-17-20-23-26-29-33-43(2)3/h8-9,18,21,24,27,30,35,43-48,53-55H,4-7,10-17,19-20,22-23,25-26,28-29,31-34,36-42,52H2,1-3H3,(H,56,57)(H,60,61)/b9-8-,21-18-,27-24+,35-30+/t44-,45+,46-,47-,48+/m0/s1. The number of carbonyl (C=O) groups excluding carboxylic acids is 2. The fourth-order valence-electron chi connectivity index (χ4n) is 6.86. The molecule has 7 N–H and O–H groups in total. The monoisotopic (exact) mass is 990 g/mol. The Hall–Kier alpha value is -2.33. The van der Waals surface area contributed by atoms with Crippen molar-refractivity contribution in [3.63, 3.8) is 0 Å². The van der Waals surface area contributed by atoms with Crippen LogP contribution < -0.4 is 5.73 Å². The molecular formula is C51H92NO13PS. The van der Waals surface area contributed by atoms with Crippen LogP contribution in [0.1, 0.15) is 188 Å². The molecule has 0 aromatic rings. The number of hydrogen-bond acceptors (Lipinski definition) is 13. The first kappa shape index (κ1) is 64.7. The molecule has 0 amide bonds. The first-order chi connectivity index (χ1) is 32.2. The van der Waals surface area contributed by atoms with Gasteiger partial charge in [-0.1, -0.05) is 185 Å². The molecule has 0 aliphatic carbocycles. The van der Waals surface area contributed by atoms with E-state index in [0.717, 1.165) is 44.4 Å². The number of unbranched alkanes of at least 4 members (excludes halogenated alkanes) is 18. The van der Waals surface area contributed by atoms with Gasteiger partial charge in [0.1, 0.15) is 18.8 Å². The van der Waals surface area contributed by atoms with Crippen LogP contribution in [0.5, 0.6) is 0 Å². The number of thioether (sulfide) groups is 1. The highest BCUT2D eigenvalue weighted by Gasteiger charge is 2.28. The molecule has 0 fully saturated rings. The number of carbonyl (C=O) groups is 3. The Morgan fingerprint density at radius 3 is 1.85 bits per heavy atom. The molecule has 390 valence electrons. The zero-order chi connectivity index (χ0) is 49.8. The second-order valence-electron chi connectivity index (χ2n) is 17.9. The molecule has 6 atom stereocenters. The third-order valence-corrected chi connectivity index (χ3v) is 13.3. The Bertz CT molecular complexity index is 1390. The molecule has 0 aromatic carbocycles. The summed E-state index contributed by atoms with van der Waals surface area (Å²) in [5.41, 5.74) is 6.17. The zero-order valence-corrected chi connectivity index (χ0v) is 43.1. The molecule has 0 rings (SSSR count). The average molecular weight is 990 g/mol. The van der Waals surface area contributed by atoms with Gasteiger partial charge in [-0.3, -0.25) is 23.4 Å². The smallest absolute Gasteiger partial charge is 0.472 e. The van der Waals surface area contributed by atoms with Gasteiger partial charge >= 0.3 is 25.7 Å². The largest absolute Gasteiger partial charge is 0.481 e. The molecule has 67 heavy (non-hydrogen) atoms. The third-order valence-electron chi connectivity index (χ3n) is 10.9. The number of carboxylic acid groups (broad SMARTS) is 1. The Morgan fingerprint density at radius 2 is 1.27 bits per heavy atom. The van der Waals surface area contributed by atoms with Crippen LogP contribution in [0.2, 0.25) is 0 Å². The fourth-order valence-corrected chi connectivity index (χ4v) is 8.77. The van der Waals surface area contributed by atoms with Crippen LogP contribution in [0, 0.1) is 5.92 Å². The van der Waals surface area contributed by atoms with Gasteiger partial charge in [-0.2, -0.15) is 0 Å². The first-order valence-corrected chi connectivity index (χ1v) is 27.9. The topological polar surface area (TPSA) is 232 Å². The normalized spacial score (nSPS) is 15.4. The predicted octanol–water partition coefficient (Wildman–Crippen LogP) is 10.8. The molecule has 0 spiro atoms. The lowest BCUT2D eigenvalue weighted by Gasteiger charge is -2.22. The van der Waals surface area contributed by atoms with E-state index >= 15 is 0 Å². The number of aliphatic hydroxyl groups is 3. The van der Waals surface area contributed by atoms with Crippen LogP contribution in [-0.4, -0.2) is 105 Å². The SMILES string of the molecule is CCCCC/C=C\C\C=C/C=C/C=C/[C@@H](SC[C@H](N)C(=O)OC[C@H](COP(=O)(O)OC[C@@H](O)CO)OC(=O)CCCCCCCCCCCCCCCCCCC(C)C)[C@@H](O)CCCC(=O)O. The van der Waals surface area contributed by atoms with Crippen molar-refractivity contribution in [1.82, 2.24) is 0 Å². The van der Waals surface area contributed by atoms with E-state index in [9.17, 15) is 34.1 Å². The average Bonchev–Trinajstić information content (AvgIpc) is 3.29. The van der Waals surface area contributed by atoms with Crippen molar-refractivity contribution in [2.45, 2.75) is 217 Å². The minimum atomic E-state index is -4.76. The number of nitrogens with two attached hydrogens (primary N) is 1. The number of hydrogen-bond donors (Lipinski definition) is 6. The number of carboxylic acids is 1. The highest BCUT2D eigenvalue weighted by atomic mass is 32.2. The molecule has 14 nitrogen and oxygen atoms in total. The maximum atomic E-state index is 13.0. The summed E-state index contributed by atoms with van der Waals surface area (Å²) in [6.45, 7) is 4.14. The maximum Gasteiger partial charge on any atom is 0.472 e. The van der Waals surface area contributed by atoms with Gasteiger partial charge in [-0.15, -0.1) is 11.8 Å². The van der Waals surface area contributed by atoms with Crippen molar-refractivity contribution in [2.24, 2.45) is 11.7 Å². The van der Waals surface area contributed by atoms with Crippen molar-refractivity contribution in [3.05, 3.63) is 48.6 Å². The van der Waals surface area contributed by atoms with Gasteiger partial charge in [0.15, 0.2) is 6.10 Å². The Balaban J connectivity index is 5.00. The fraction of sp³-hybridized carbons (Fsp3) is 0.784. The lowest BCUT2D eigenvalue weighted by molar-refractivity contribution is -0.161. The number of phosphoric acid groups is 1. The van der Waals surface area contributed by atoms with Gasteiger partial charge < -0.3 is 40.5 Å². The van der Waals surface area contributed by atoms with E-state index in [1.54, 1.807) is 12.2 Å². The van der Waals surface area contributed by atoms with Gasteiger partial charge in [0.25, 0.3) is 0 Å². The summed E-state index contributed by atoms with van der Waals surface area (Å²) in [7, 11) is -4.76. The van der Waals surface area contributed by atoms with Crippen LogP contribution in [0.4, 0.5) is 0 Å². The summed E-state index contributed by atoms with van der Waals surface area (Å²) >= 11 is 1.19. The highest BCUT2D eigenvalue weighted by Crippen LogP contribution is 2.43. The molecule has 0 aromatic heterocycles. The molecule has 1 unspecified atom stereocenters. The lowest BCUT2D eigenvalue weighted by Crippen LogP contribution is -2.38. The first-order valence-electron chi connectivity index (χ1n) is 25.4. The Morgan fingerprint density at radius 1 is 0.687 bits per heavy atom. The van der Waals surface area contributed by atoms with Crippen LogP contribution in [-0.2, 0) is 37.5 Å². The molecule has 0 aliphatic heterocycles. The third kappa shape index (κ3) is 43.4. The zero-order valence-electron chi connectivity index (χ0n) is 41.4. The number of aliphatic carboxylic acids is 1. The van der Waals surface area contributed by atoms with Gasteiger partial charge in [-0.25, -0.2) is 4.57 Å². The second-order valence-corrected chi connectivity index (χ2v) is 20.6. The minimum Gasteiger partial charge on any atom is -0.481 e. The quantitative estimate of drug-likeness (QED) is 0.0109. The van der Waals surface area contributed by atoms with E-state index < -0.39 is 81.8 Å². The Labute approximate surface area is 408 Å². The van der Waals surface area contributed by atoms with Crippen molar-refractivity contribution in [3.8, 4) is 0 Å². The van der Waals surface area contributed by atoms with Crippen LogP contribution in [0.25, 0.3) is 0 Å². The lowest BCUT2D eigenvalue weighted by atomic mass is 10.0. The highest BCUT2D eigenvalue weighted by molar-refractivity contribution is 8.00. The number of esters is 2. The van der Waals surface area contributed by atoms with Crippen molar-refractivity contribution < 1.29 is 62.8 Å². The molecule has 0 saturated carbocycles. The maximum absolute atomic E-state index is 13.0. The number of ether oxygens (including phenoxy) is 2. The molecule has 0 bridgehead atoms. The van der Waals surface area contributed by atoms with Gasteiger partial charge in [0.2, 0.25) is 0 Å².